The molecule has 0 aliphatic rings. The summed E-state index contributed by atoms with van der Waals surface area (Å²) in [5.74, 6) is 0.762. The number of halogens is 1. The molecule has 0 heterocycles. The first kappa shape index (κ1) is 13.5. The summed E-state index contributed by atoms with van der Waals surface area (Å²) >= 11 is 5.95. The fraction of sp³-hybridized carbons (Fsp3) is 0.571. The molecule has 0 amide bonds. The quantitative estimate of drug-likeness (QED) is 0.747. The van der Waals surface area contributed by atoms with Crippen LogP contribution in [0.3, 0.4) is 0 Å². The molecule has 0 spiro atoms. The highest BCUT2D eigenvalue weighted by Crippen LogP contribution is 2.17. The van der Waals surface area contributed by atoms with E-state index in [0.29, 0.717) is 0 Å². The average molecular weight is 240 g/mol. The molecule has 16 heavy (non-hydrogen) atoms. The van der Waals surface area contributed by atoms with Crippen molar-refractivity contribution >= 4 is 11.6 Å². The van der Waals surface area contributed by atoms with E-state index in [9.17, 15) is 0 Å². The van der Waals surface area contributed by atoms with E-state index in [-0.39, 0.29) is 0 Å². The fourth-order valence-corrected chi connectivity index (χ4v) is 2.08. The summed E-state index contributed by atoms with van der Waals surface area (Å²) in [6, 6.07) is 6.14. The number of nitrogens with zero attached hydrogens (tertiary/aromatic N) is 1. The molecule has 0 bridgehead atoms. The van der Waals surface area contributed by atoms with Gasteiger partial charge in [0.25, 0.3) is 0 Å². The smallest absolute Gasteiger partial charge is 0.0408 e. The molecule has 1 aromatic carbocycles. The van der Waals surface area contributed by atoms with Crippen molar-refractivity contribution in [2.24, 2.45) is 5.92 Å². The van der Waals surface area contributed by atoms with Gasteiger partial charge in [-0.25, -0.2) is 0 Å². The molecule has 0 N–H and O–H groups in total. The molecule has 1 rings (SSSR count). The van der Waals surface area contributed by atoms with Crippen LogP contribution < -0.4 is 0 Å². The molecule has 1 nitrogen and oxygen atoms in total. The predicted molar refractivity (Wildman–Crippen MR) is 72.0 cm³/mol. The van der Waals surface area contributed by atoms with Crippen molar-refractivity contribution in [2.75, 3.05) is 13.6 Å². The second-order valence-corrected chi connectivity index (χ2v) is 5.22. The standard InChI is InChI=1S/C14H22ClN/c1-5-11(2)9-16(4)10-13-6-7-14(15)8-12(13)3/h6-8,11H,5,9-10H2,1-4H3/t11-/m1/s1. The van der Waals surface area contributed by atoms with E-state index in [1.54, 1.807) is 0 Å². The van der Waals surface area contributed by atoms with E-state index in [1.807, 2.05) is 12.1 Å². The summed E-state index contributed by atoms with van der Waals surface area (Å²) in [5, 5.41) is 0.825. The van der Waals surface area contributed by atoms with Crippen LogP contribution in [-0.4, -0.2) is 18.5 Å². The van der Waals surface area contributed by atoms with Crippen molar-refractivity contribution in [3.05, 3.63) is 34.3 Å². The third-order valence-corrected chi connectivity index (χ3v) is 3.30. The lowest BCUT2D eigenvalue weighted by Crippen LogP contribution is -2.24. The Bertz CT molecular complexity index is 336. The van der Waals surface area contributed by atoms with E-state index in [4.69, 9.17) is 11.6 Å². The third-order valence-electron chi connectivity index (χ3n) is 3.07. The maximum Gasteiger partial charge on any atom is 0.0408 e. The minimum Gasteiger partial charge on any atom is -0.302 e. The van der Waals surface area contributed by atoms with Crippen molar-refractivity contribution in [1.82, 2.24) is 4.90 Å². The zero-order valence-electron chi connectivity index (χ0n) is 10.8. The monoisotopic (exact) mass is 239 g/mol. The van der Waals surface area contributed by atoms with Crippen molar-refractivity contribution in [3.8, 4) is 0 Å². The van der Waals surface area contributed by atoms with Crippen LogP contribution in [0.1, 0.15) is 31.4 Å². The minimum absolute atomic E-state index is 0.762. The van der Waals surface area contributed by atoms with Crippen molar-refractivity contribution in [3.63, 3.8) is 0 Å². The van der Waals surface area contributed by atoms with Crippen molar-refractivity contribution in [2.45, 2.75) is 33.7 Å². The molecule has 0 aliphatic heterocycles. The van der Waals surface area contributed by atoms with Crippen LogP contribution in [0.25, 0.3) is 0 Å². The Hall–Kier alpha value is -0.530. The number of rotatable bonds is 5. The maximum absolute atomic E-state index is 5.95. The number of hydrogen-bond donors (Lipinski definition) is 0. The van der Waals surface area contributed by atoms with Crippen LogP contribution in [-0.2, 0) is 6.54 Å². The molecular weight excluding hydrogens is 218 g/mol. The summed E-state index contributed by atoms with van der Waals surface area (Å²) < 4.78 is 0. The Morgan fingerprint density at radius 1 is 1.38 bits per heavy atom. The molecule has 2 heteroatoms. The minimum atomic E-state index is 0.762. The molecule has 0 saturated heterocycles. The molecule has 0 radical (unpaired) electrons. The van der Waals surface area contributed by atoms with Gasteiger partial charge in [-0.3, -0.25) is 0 Å². The van der Waals surface area contributed by atoms with Crippen LogP contribution in [0.15, 0.2) is 18.2 Å². The predicted octanol–water partition coefficient (Wildman–Crippen LogP) is 4.13. The Morgan fingerprint density at radius 3 is 2.62 bits per heavy atom. The first-order valence-electron chi connectivity index (χ1n) is 5.96. The second kappa shape index (κ2) is 6.27. The Kier molecular flexibility index (Phi) is 5.30. The number of hydrogen-bond acceptors (Lipinski definition) is 1. The van der Waals surface area contributed by atoms with E-state index in [0.717, 1.165) is 24.0 Å². The van der Waals surface area contributed by atoms with Gasteiger partial charge in [-0.1, -0.05) is 37.9 Å². The largest absolute Gasteiger partial charge is 0.302 e. The van der Waals surface area contributed by atoms with Gasteiger partial charge in [-0.05, 0) is 43.1 Å². The normalized spacial score (nSPS) is 13.1. The van der Waals surface area contributed by atoms with Gasteiger partial charge < -0.3 is 4.90 Å². The van der Waals surface area contributed by atoms with Crippen LogP contribution in [0, 0.1) is 12.8 Å². The molecule has 0 unspecified atom stereocenters. The Balaban J connectivity index is 2.59. The highest BCUT2D eigenvalue weighted by atomic mass is 35.5. The SMILES string of the molecule is CC[C@@H](C)CN(C)Cc1ccc(Cl)cc1C. The number of benzene rings is 1. The van der Waals surface area contributed by atoms with Crippen LogP contribution >= 0.6 is 11.6 Å². The van der Waals surface area contributed by atoms with E-state index in [1.165, 1.54) is 17.5 Å². The first-order chi connectivity index (χ1) is 7.52. The van der Waals surface area contributed by atoms with E-state index in [2.05, 4.69) is 38.8 Å². The fourth-order valence-electron chi connectivity index (χ4n) is 1.85. The van der Waals surface area contributed by atoms with Gasteiger partial charge >= 0.3 is 0 Å². The number of aryl methyl sites for hydroxylation is 1. The molecule has 1 atom stereocenters. The lowest BCUT2D eigenvalue weighted by molar-refractivity contribution is 0.275. The summed E-state index contributed by atoms with van der Waals surface area (Å²) in [6.45, 7) is 8.82. The molecule has 0 aromatic heterocycles. The van der Waals surface area contributed by atoms with Crippen LogP contribution in [0.4, 0.5) is 0 Å². The zero-order valence-corrected chi connectivity index (χ0v) is 11.5. The van der Waals surface area contributed by atoms with Crippen LogP contribution in [0.2, 0.25) is 5.02 Å². The van der Waals surface area contributed by atoms with Gasteiger partial charge in [0.1, 0.15) is 0 Å². The van der Waals surface area contributed by atoms with Gasteiger partial charge in [-0.2, -0.15) is 0 Å². The molecule has 0 aliphatic carbocycles. The summed E-state index contributed by atoms with van der Waals surface area (Å²) in [5.41, 5.74) is 2.65. The van der Waals surface area contributed by atoms with Crippen molar-refractivity contribution in [1.29, 1.82) is 0 Å². The van der Waals surface area contributed by atoms with Gasteiger partial charge in [0, 0.05) is 18.1 Å². The summed E-state index contributed by atoms with van der Waals surface area (Å²) in [7, 11) is 2.18. The molecular formula is C14H22ClN. The maximum atomic E-state index is 5.95. The van der Waals surface area contributed by atoms with Gasteiger partial charge in [-0.15, -0.1) is 0 Å². The second-order valence-electron chi connectivity index (χ2n) is 4.78. The Morgan fingerprint density at radius 2 is 2.06 bits per heavy atom. The highest BCUT2D eigenvalue weighted by Gasteiger charge is 2.06. The third kappa shape index (κ3) is 4.15. The first-order valence-corrected chi connectivity index (χ1v) is 6.34. The topological polar surface area (TPSA) is 3.24 Å². The molecule has 0 fully saturated rings. The molecule has 90 valence electrons. The van der Waals surface area contributed by atoms with E-state index < -0.39 is 0 Å². The van der Waals surface area contributed by atoms with Crippen LogP contribution in [0.5, 0.6) is 0 Å². The zero-order chi connectivity index (χ0) is 12.1. The average Bonchev–Trinajstić information content (AvgIpc) is 2.22. The molecule has 1 aromatic rings. The molecule has 0 saturated carbocycles. The summed E-state index contributed by atoms with van der Waals surface area (Å²) in [4.78, 5) is 2.38. The lowest BCUT2D eigenvalue weighted by atomic mass is 10.1. The van der Waals surface area contributed by atoms with Gasteiger partial charge in [0.15, 0.2) is 0 Å². The lowest BCUT2D eigenvalue weighted by Gasteiger charge is -2.21. The van der Waals surface area contributed by atoms with Gasteiger partial charge in [0.2, 0.25) is 0 Å². The highest BCUT2D eigenvalue weighted by molar-refractivity contribution is 6.30. The van der Waals surface area contributed by atoms with Gasteiger partial charge in [0.05, 0.1) is 0 Å². The van der Waals surface area contributed by atoms with Crippen molar-refractivity contribution < 1.29 is 0 Å². The summed E-state index contributed by atoms with van der Waals surface area (Å²) in [6.07, 6.45) is 1.24. The van der Waals surface area contributed by atoms with E-state index >= 15 is 0 Å². The Labute approximate surface area is 104 Å².